The highest BCUT2D eigenvalue weighted by Gasteiger charge is 2.31. The van der Waals surface area contributed by atoms with Crippen LogP contribution in [0.5, 0.6) is 11.5 Å². The molecule has 4 aromatic rings. The van der Waals surface area contributed by atoms with Crippen LogP contribution in [0.15, 0.2) is 71.9 Å². The van der Waals surface area contributed by atoms with Crippen LogP contribution >= 0.6 is 11.9 Å². The van der Waals surface area contributed by atoms with E-state index in [9.17, 15) is 18.0 Å². The topological polar surface area (TPSA) is 102 Å². The van der Waals surface area contributed by atoms with E-state index in [4.69, 9.17) is 4.74 Å². The van der Waals surface area contributed by atoms with E-state index in [-0.39, 0.29) is 11.8 Å². The number of hydrogen-bond acceptors (Lipinski definition) is 7. The zero-order valence-corrected chi connectivity index (χ0v) is 25.7. The molecule has 9 nitrogen and oxygen atoms in total. The summed E-state index contributed by atoms with van der Waals surface area (Å²) in [5.41, 5.74) is 4.67. The molecule has 0 aliphatic rings. The number of urea groups is 1. The molecule has 234 valence electrons. The van der Waals surface area contributed by atoms with E-state index in [1.54, 1.807) is 7.11 Å². The van der Waals surface area contributed by atoms with Crippen LogP contribution in [-0.2, 0) is 6.42 Å². The summed E-state index contributed by atoms with van der Waals surface area (Å²) >= 11 is 1.52. The molecule has 0 atom stereocenters. The Hall–Kier alpha value is -4.23. The summed E-state index contributed by atoms with van der Waals surface area (Å²) < 4.78 is 51.2. The highest BCUT2D eigenvalue weighted by atomic mass is 32.2. The van der Waals surface area contributed by atoms with E-state index >= 15 is 0 Å². The largest absolute Gasteiger partial charge is 0.573 e. The molecule has 3 N–H and O–H groups in total. The minimum atomic E-state index is -4.75. The molecule has 44 heavy (non-hydrogen) atoms. The minimum absolute atomic E-state index is 0.233. The summed E-state index contributed by atoms with van der Waals surface area (Å²) in [5, 5.41) is 10.2. The zero-order chi connectivity index (χ0) is 31.7. The molecule has 13 heteroatoms. The molecule has 0 radical (unpaired) electrons. The number of carbonyl (C=O) groups is 1. The number of nitrogens with one attached hydrogen (secondary N) is 3. The number of hydrogen-bond donors (Lipinski definition) is 3. The molecule has 0 fully saturated rings. The lowest BCUT2D eigenvalue weighted by Gasteiger charge is -2.14. The third-order valence-corrected chi connectivity index (χ3v) is 7.57. The van der Waals surface area contributed by atoms with Crippen LogP contribution in [-0.4, -0.2) is 53.9 Å². The van der Waals surface area contributed by atoms with Crippen molar-refractivity contribution < 1.29 is 27.4 Å². The summed E-state index contributed by atoms with van der Waals surface area (Å²) in [6, 6.07) is 17.0. The van der Waals surface area contributed by atoms with E-state index in [1.165, 1.54) is 52.8 Å². The number of alkyl halides is 3. The highest BCUT2D eigenvalue weighted by molar-refractivity contribution is 7.97. The van der Waals surface area contributed by atoms with Gasteiger partial charge in [0, 0.05) is 30.1 Å². The van der Waals surface area contributed by atoms with Crippen LogP contribution in [0.4, 0.5) is 18.0 Å². The quantitative estimate of drug-likeness (QED) is 0.116. The van der Waals surface area contributed by atoms with Crippen molar-refractivity contribution in [1.82, 2.24) is 30.1 Å². The Bertz CT molecular complexity index is 1540. The molecular formula is C31H35F3N6O3S. The number of aryl methyl sites for hydroxylation is 1. The van der Waals surface area contributed by atoms with Crippen LogP contribution in [0.3, 0.4) is 0 Å². The summed E-state index contributed by atoms with van der Waals surface area (Å²) in [6.45, 7) is 7.80. The Morgan fingerprint density at radius 1 is 0.977 bits per heavy atom. The van der Waals surface area contributed by atoms with Gasteiger partial charge in [-0.05, 0) is 90.4 Å². The number of halogens is 3. The van der Waals surface area contributed by atoms with Gasteiger partial charge in [0.25, 0.3) is 0 Å². The number of ether oxygens (including phenoxy) is 2. The van der Waals surface area contributed by atoms with Gasteiger partial charge in [0.2, 0.25) is 0 Å². The Morgan fingerprint density at radius 3 is 2.39 bits per heavy atom. The van der Waals surface area contributed by atoms with E-state index in [0.717, 1.165) is 27.3 Å². The van der Waals surface area contributed by atoms with Crippen molar-refractivity contribution in [1.29, 1.82) is 0 Å². The van der Waals surface area contributed by atoms with Crippen LogP contribution in [0.1, 0.15) is 36.5 Å². The predicted octanol–water partition coefficient (Wildman–Crippen LogP) is 6.41. The van der Waals surface area contributed by atoms with Crippen molar-refractivity contribution in [2.75, 3.05) is 26.7 Å². The summed E-state index contributed by atoms with van der Waals surface area (Å²) in [5.74, 6) is 1.36. The Kier molecular flexibility index (Phi) is 11.1. The standard InChI is InChI=1S/C31H35F3N6O3S/c1-20(2)27-12-11-26(42-4)18-28(27)44-38-16-15-36-30(41)35-14-13-22-5-6-23(17-21(22)3)29-37-19-40(39-29)24-7-9-25(10-8-24)43-31(32,33)34/h5-12,17-20,38H,13-16H2,1-4H3,(H2,35,36,41). The number of benzene rings is 3. The Morgan fingerprint density at radius 2 is 1.70 bits per heavy atom. The first-order valence-corrected chi connectivity index (χ1v) is 14.8. The number of aromatic nitrogens is 3. The van der Waals surface area contributed by atoms with Gasteiger partial charge in [0.15, 0.2) is 5.82 Å². The smallest absolute Gasteiger partial charge is 0.497 e. The first kappa shape index (κ1) is 32.7. The predicted molar refractivity (Wildman–Crippen MR) is 164 cm³/mol. The lowest BCUT2D eigenvalue weighted by atomic mass is 10.0. The summed E-state index contributed by atoms with van der Waals surface area (Å²) in [6.07, 6.45) is -2.60. The lowest BCUT2D eigenvalue weighted by molar-refractivity contribution is -0.274. The molecule has 0 saturated heterocycles. The number of amides is 2. The normalized spacial score (nSPS) is 11.5. The third-order valence-electron chi connectivity index (χ3n) is 6.64. The van der Waals surface area contributed by atoms with E-state index in [2.05, 4.69) is 50.1 Å². The fourth-order valence-electron chi connectivity index (χ4n) is 4.37. The van der Waals surface area contributed by atoms with Gasteiger partial charge in [-0.3, -0.25) is 4.72 Å². The summed E-state index contributed by atoms with van der Waals surface area (Å²) in [4.78, 5) is 17.7. The van der Waals surface area contributed by atoms with Gasteiger partial charge < -0.3 is 20.1 Å². The fraction of sp³-hybridized carbons (Fsp3) is 0.323. The van der Waals surface area contributed by atoms with Gasteiger partial charge in [-0.1, -0.05) is 32.0 Å². The lowest BCUT2D eigenvalue weighted by Crippen LogP contribution is -2.39. The SMILES string of the molecule is COc1ccc(C(C)C)c(SNCCNC(=O)NCCc2ccc(-c3ncn(-c4ccc(OC(F)(F)F)cc4)n3)cc2C)c1. The molecule has 0 bridgehead atoms. The molecule has 4 rings (SSSR count). The van der Waals surface area contributed by atoms with Crippen molar-refractivity contribution in [3.8, 4) is 28.6 Å². The molecular weight excluding hydrogens is 593 g/mol. The molecule has 0 aliphatic heterocycles. The minimum Gasteiger partial charge on any atom is -0.497 e. The number of rotatable bonds is 13. The Balaban J connectivity index is 1.20. The van der Waals surface area contributed by atoms with Gasteiger partial charge in [-0.2, -0.15) is 0 Å². The molecule has 1 aromatic heterocycles. The second-order valence-corrected chi connectivity index (χ2v) is 11.1. The van der Waals surface area contributed by atoms with Crippen LogP contribution in [0.2, 0.25) is 0 Å². The second-order valence-electron chi connectivity index (χ2n) is 10.2. The molecule has 0 unspecified atom stereocenters. The second kappa shape index (κ2) is 15.0. The number of carbonyl (C=O) groups excluding carboxylic acids is 1. The first-order chi connectivity index (χ1) is 21.0. The van der Waals surface area contributed by atoms with Crippen molar-refractivity contribution in [3.63, 3.8) is 0 Å². The van der Waals surface area contributed by atoms with E-state index in [0.29, 0.717) is 43.5 Å². The van der Waals surface area contributed by atoms with E-state index < -0.39 is 6.36 Å². The molecule has 1 heterocycles. The maximum Gasteiger partial charge on any atom is 0.573 e. The molecule has 0 saturated carbocycles. The zero-order valence-electron chi connectivity index (χ0n) is 24.9. The number of nitrogens with zero attached hydrogens (tertiary/aromatic N) is 3. The van der Waals surface area contributed by atoms with Crippen molar-refractivity contribution in [2.45, 2.75) is 44.4 Å². The molecule has 2 amide bonds. The van der Waals surface area contributed by atoms with Crippen LogP contribution in [0, 0.1) is 6.92 Å². The van der Waals surface area contributed by atoms with Gasteiger partial charge in [0.05, 0.1) is 12.8 Å². The van der Waals surface area contributed by atoms with E-state index in [1.807, 2.05) is 37.3 Å². The van der Waals surface area contributed by atoms with Crippen molar-refractivity contribution in [3.05, 3.63) is 83.7 Å². The van der Waals surface area contributed by atoms with Gasteiger partial charge >= 0.3 is 12.4 Å². The molecule has 3 aromatic carbocycles. The van der Waals surface area contributed by atoms with Gasteiger partial charge in [0.1, 0.15) is 17.8 Å². The number of methoxy groups -OCH3 is 1. The third kappa shape index (κ3) is 9.38. The summed E-state index contributed by atoms with van der Waals surface area (Å²) in [7, 11) is 1.65. The van der Waals surface area contributed by atoms with Gasteiger partial charge in [-0.15, -0.1) is 18.3 Å². The van der Waals surface area contributed by atoms with Crippen LogP contribution in [0.25, 0.3) is 17.1 Å². The van der Waals surface area contributed by atoms with Crippen molar-refractivity contribution in [2.24, 2.45) is 0 Å². The average Bonchev–Trinajstić information content (AvgIpc) is 3.47. The fourth-order valence-corrected chi connectivity index (χ4v) is 5.33. The van der Waals surface area contributed by atoms with Crippen LogP contribution < -0.4 is 24.8 Å². The maximum absolute atomic E-state index is 12.4. The maximum atomic E-state index is 12.4. The highest BCUT2D eigenvalue weighted by Crippen LogP contribution is 2.30. The molecule has 0 spiro atoms. The van der Waals surface area contributed by atoms with Crippen molar-refractivity contribution >= 4 is 18.0 Å². The molecule has 0 aliphatic carbocycles. The Labute approximate surface area is 258 Å². The average molecular weight is 629 g/mol. The first-order valence-electron chi connectivity index (χ1n) is 14.0. The monoisotopic (exact) mass is 628 g/mol. The van der Waals surface area contributed by atoms with Gasteiger partial charge in [-0.25, -0.2) is 14.5 Å².